The first kappa shape index (κ1) is 10.9. The van der Waals surface area contributed by atoms with E-state index in [2.05, 4.69) is 50.2 Å². The van der Waals surface area contributed by atoms with E-state index >= 15 is 0 Å². The Labute approximate surface area is 96.3 Å². The quantitative estimate of drug-likeness (QED) is 0.778. The van der Waals surface area contributed by atoms with E-state index < -0.39 is 0 Å². The number of benzene rings is 1. The molecule has 0 saturated heterocycles. The van der Waals surface area contributed by atoms with Crippen molar-refractivity contribution in [2.45, 2.75) is 33.6 Å². The topological polar surface area (TPSA) is 26.0 Å². The molecule has 16 heavy (non-hydrogen) atoms. The van der Waals surface area contributed by atoms with Crippen molar-refractivity contribution >= 4 is 0 Å². The summed E-state index contributed by atoms with van der Waals surface area (Å²) in [6, 6.07) is 8.39. The first-order chi connectivity index (χ1) is 7.76. The molecule has 0 aliphatic rings. The van der Waals surface area contributed by atoms with Gasteiger partial charge in [0.15, 0.2) is 0 Å². The van der Waals surface area contributed by atoms with Gasteiger partial charge in [-0.2, -0.15) is 0 Å². The van der Waals surface area contributed by atoms with Crippen LogP contribution in [-0.2, 0) is 12.8 Å². The van der Waals surface area contributed by atoms with Crippen LogP contribution in [0.4, 0.5) is 0 Å². The van der Waals surface area contributed by atoms with E-state index in [4.69, 9.17) is 4.52 Å². The lowest BCUT2D eigenvalue weighted by Crippen LogP contribution is -1.88. The molecular formula is C14H17NO. The molecule has 0 atom stereocenters. The lowest BCUT2D eigenvalue weighted by atomic mass is 10.0. The molecule has 84 valence electrons. The Bertz CT molecular complexity index is 485. The number of hydrogen-bond acceptors (Lipinski definition) is 2. The SMILES string of the molecule is CCc1onc(-c2cccc(C)c2)c1CC. The number of nitrogens with zero attached hydrogens (tertiary/aromatic N) is 1. The Morgan fingerprint density at radius 1 is 1.19 bits per heavy atom. The van der Waals surface area contributed by atoms with Gasteiger partial charge in [0.2, 0.25) is 0 Å². The van der Waals surface area contributed by atoms with Crippen molar-refractivity contribution in [3.63, 3.8) is 0 Å². The zero-order chi connectivity index (χ0) is 11.5. The molecule has 2 nitrogen and oxygen atoms in total. The maximum Gasteiger partial charge on any atom is 0.140 e. The third-order valence-corrected chi connectivity index (χ3v) is 2.84. The first-order valence-corrected chi connectivity index (χ1v) is 5.80. The molecule has 2 rings (SSSR count). The highest BCUT2D eigenvalue weighted by Gasteiger charge is 2.14. The summed E-state index contributed by atoms with van der Waals surface area (Å²) in [5.74, 6) is 1.01. The fourth-order valence-corrected chi connectivity index (χ4v) is 2.00. The normalized spacial score (nSPS) is 10.7. The van der Waals surface area contributed by atoms with E-state index in [9.17, 15) is 0 Å². The van der Waals surface area contributed by atoms with Crippen molar-refractivity contribution < 1.29 is 4.52 Å². The van der Waals surface area contributed by atoms with Crippen molar-refractivity contribution in [2.24, 2.45) is 0 Å². The summed E-state index contributed by atoms with van der Waals surface area (Å²) in [5.41, 5.74) is 4.65. The van der Waals surface area contributed by atoms with Crippen molar-refractivity contribution in [1.82, 2.24) is 5.16 Å². The van der Waals surface area contributed by atoms with Gasteiger partial charge >= 0.3 is 0 Å². The van der Waals surface area contributed by atoms with Gasteiger partial charge in [-0.1, -0.05) is 42.8 Å². The van der Waals surface area contributed by atoms with Crippen LogP contribution in [0.25, 0.3) is 11.3 Å². The van der Waals surface area contributed by atoms with Gasteiger partial charge in [-0.05, 0) is 19.4 Å². The van der Waals surface area contributed by atoms with E-state index in [0.717, 1.165) is 29.9 Å². The zero-order valence-electron chi connectivity index (χ0n) is 10.1. The van der Waals surface area contributed by atoms with Crippen LogP contribution in [0.2, 0.25) is 0 Å². The minimum Gasteiger partial charge on any atom is -0.360 e. The second kappa shape index (κ2) is 4.52. The van der Waals surface area contributed by atoms with Crippen LogP contribution in [0.5, 0.6) is 0 Å². The number of rotatable bonds is 3. The van der Waals surface area contributed by atoms with Gasteiger partial charge in [0.25, 0.3) is 0 Å². The molecule has 0 radical (unpaired) electrons. The third kappa shape index (κ3) is 1.87. The minimum absolute atomic E-state index is 0.905. The largest absolute Gasteiger partial charge is 0.360 e. The summed E-state index contributed by atoms with van der Waals surface area (Å²) in [7, 11) is 0. The lowest BCUT2D eigenvalue weighted by Gasteiger charge is -2.01. The molecule has 2 aromatic rings. The summed E-state index contributed by atoms with van der Waals surface area (Å²) in [4.78, 5) is 0. The highest BCUT2D eigenvalue weighted by Crippen LogP contribution is 2.26. The molecule has 0 saturated carbocycles. The summed E-state index contributed by atoms with van der Waals surface area (Å²) in [6.07, 6.45) is 1.87. The molecule has 0 N–H and O–H groups in total. The van der Waals surface area contributed by atoms with Crippen LogP contribution >= 0.6 is 0 Å². The predicted octanol–water partition coefficient (Wildman–Crippen LogP) is 3.77. The molecule has 1 aromatic carbocycles. The van der Waals surface area contributed by atoms with Crippen molar-refractivity contribution in [2.75, 3.05) is 0 Å². The van der Waals surface area contributed by atoms with Crippen LogP contribution in [-0.4, -0.2) is 5.16 Å². The number of aromatic nitrogens is 1. The molecule has 1 aromatic heterocycles. The summed E-state index contributed by atoms with van der Waals surface area (Å²) in [5, 5.41) is 4.19. The average molecular weight is 215 g/mol. The van der Waals surface area contributed by atoms with Gasteiger partial charge in [-0.25, -0.2) is 0 Å². The fourth-order valence-electron chi connectivity index (χ4n) is 2.00. The number of hydrogen-bond donors (Lipinski definition) is 0. The Morgan fingerprint density at radius 3 is 2.62 bits per heavy atom. The monoisotopic (exact) mass is 215 g/mol. The second-order valence-corrected chi connectivity index (χ2v) is 4.01. The maximum absolute atomic E-state index is 5.38. The van der Waals surface area contributed by atoms with Gasteiger partial charge in [0.1, 0.15) is 11.5 Å². The van der Waals surface area contributed by atoms with E-state index in [1.165, 1.54) is 11.1 Å². The lowest BCUT2D eigenvalue weighted by molar-refractivity contribution is 0.387. The standard InChI is InChI=1S/C14H17NO/c1-4-12-13(5-2)16-15-14(12)11-8-6-7-10(3)9-11/h6-9H,4-5H2,1-3H3. The molecule has 0 fully saturated rings. The van der Waals surface area contributed by atoms with Gasteiger partial charge in [-0.3, -0.25) is 0 Å². The fraction of sp³-hybridized carbons (Fsp3) is 0.357. The van der Waals surface area contributed by atoms with Crippen LogP contribution in [0.3, 0.4) is 0 Å². The third-order valence-electron chi connectivity index (χ3n) is 2.84. The first-order valence-electron chi connectivity index (χ1n) is 5.80. The van der Waals surface area contributed by atoms with E-state index in [0.29, 0.717) is 0 Å². The van der Waals surface area contributed by atoms with Gasteiger partial charge < -0.3 is 4.52 Å². The van der Waals surface area contributed by atoms with Crippen molar-refractivity contribution in [3.8, 4) is 11.3 Å². The average Bonchev–Trinajstić information content (AvgIpc) is 2.71. The van der Waals surface area contributed by atoms with Crippen LogP contribution in [0, 0.1) is 6.92 Å². The smallest absolute Gasteiger partial charge is 0.140 e. The van der Waals surface area contributed by atoms with Gasteiger partial charge in [0, 0.05) is 17.5 Å². The predicted molar refractivity (Wildman–Crippen MR) is 65.4 cm³/mol. The highest BCUT2D eigenvalue weighted by molar-refractivity contribution is 5.64. The Morgan fingerprint density at radius 2 is 2.00 bits per heavy atom. The number of aryl methyl sites for hydroxylation is 2. The highest BCUT2D eigenvalue weighted by atomic mass is 16.5. The second-order valence-electron chi connectivity index (χ2n) is 4.01. The Hall–Kier alpha value is -1.57. The van der Waals surface area contributed by atoms with Crippen molar-refractivity contribution in [1.29, 1.82) is 0 Å². The van der Waals surface area contributed by atoms with Crippen molar-refractivity contribution in [3.05, 3.63) is 41.2 Å². The molecule has 0 spiro atoms. The minimum atomic E-state index is 0.905. The van der Waals surface area contributed by atoms with Crippen LogP contribution in [0.15, 0.2) is 28.8 Å². The molecular weight excluding hydrogens is 198 g/mol. The molecule has 0 amide bonds. The van der Waals surface area contributed by atoms with Gasteiger partial charge in [-0.15, -0.1) is 0 Å². The molecule has 2 heteroatoms. The summed E-state index contributed by atoms with van der Waals surface area (Å²) in [6.45, 7) is 6.33. The molecule has 0 aliphatic heterocycles. The molecule has 0 unspecified atom stereocenters. The molecule has 1 heterocycles. The van der Waals surface area contributed by atoms with E-state index in [1.807, 2.05) is 0 Å². The summed E-state index contributed by atoms with van der Waals surface area (Å²) >= 11 is 0. The van der Waals surface area contributed by atoms with Crippen LogP contribution in [0.1, 0.15) is 30.7 Å². The van der Waals surface area contributed by atoms with Crippen LogP contribution < -0.4 is 0 Å². The van der Waals surface area contributed by atoms with E-state index in [1.54, 1.807) is 0 Å². The van der Waals surface area contributed by atoms with E-state index in [-0.39, 0.29) is 0 Å². The molecule has 0 aliphatic carbocycles. The maximum atomic E-state index is 5.38. The Kier molecular flexibility index (Phi) is 3.09. The zero-order valence-corrected chi connectivity index (χ0v) is 10.1. The molecule has 0 bridgehead atoms. The Balaban J connectivity index is 2.51. The summed E-state index contributed by atoms with van der Waals surface area (Å²) < 4.78 is 5.38. The van der Waals surface area contributed by atoms with Gasteiger partial charge in [0.05, 0.1) is 0 Å².